The molecule has 0 aliphatic heterocycles. The van der Waals surface area contributed by atoms with Crippen molar-refractivity contribution in [1.29, 1.82) is 0 Å². The minimum atomic E-state index is 0.626. The van der Waals surface area contributed by atoms with Crippen molar-refractivity contribution in [3.05, 3.63) is 5.82 Å². The highest BCUT2D eigenvalue weighted by Gasteiger charge is 2.06. The zero-order valence-corrected chi connectivity index (χ0v) is 8.78. The van der Waals surface area contributed by atoms with E-state index in [-0.39, 0.29) is 0 Å². The third-order valence-electron chi connectivity index (χ3n) is 1.41. The van der Waals surface area contributed by atoms with E-state index < -0.39 is 0 Å². The van der Waals surface area contributed by atoms with Crippen LogP contribution in [0, 0.1) is 6.92 Å². The van der Waals surface area contributed by atoms with Gasteiger partial charge in [-0.25, -0.2) is 0 Å². The summed E-state index contributed by atoms with van der Waals surface area (Å²) in [5.74, 6) is 0.928. The largest absolute Gasteiger partial charge is 0.329 e. The molecule has 0 amide bonds. The molecule has 0 unspecified atom stereocenters. The number of hydrogen-bond donors (Lipinski definition) is 1. The van der Waals surface area contributed by atoms with Gasteiger partial charge in [0.15, 0.2) is 0 Å². The van der Waals surface area contributed by atoms with Crippen LogP contribution in [0.1, 0.15) is 5.82 Å². The molecule has 0 bridgehead atoms. The first-order valence-electron chi connectivity index (χ1n) is 3.60. The Kier molecular flexibility index (Phi) is 3.90. The van der Waals surface area contributed by atoms with Crippen molar-refractivity contribution in [3.63, 3.8) is 0 Å². The Bertz CT molecular complexity index is 248. The minimum absolute atomic E-state index is 0.626. The average Bonchev–Trinajstić information content (AvgIpc) is 2.37. The van der Waals surface area contributed by atoms with Gasteiger partial charge in [0.1, 0.15) is 5.82 Å². The highest BCUT2D eigenvalue weighted by Crippen LogP contribution is 2.26. The molecule has 2 N–H and O–H groups in total. The normalized spacial score (nSPS) is 10.6. The van der Waals surface area contributed by atoms with Crippen LogP contribution < -0.4 is 5.73 Å². The van der Waals surface area contributed by atoms with E-state index in [1.807, 2.05) is 17.7 Å². The molecule has 0 atom stereocenters. The van der Waals surface area contributed by atoms with Gasteiger partial charge < -0.3 is 10.3 Å². The molecule has 1 heterocycles. The summed E-state index contributed by atoms with van der Waals surface area (Å²) in [6.45, 7) is 3.36. The Balaban J connectivity index is 2.80. The zero-order chi connectivity index (χ0) is 8.97. The van der Waals surface area contributed by atoms with Crippen LogP contribution in [0.3, 0.4) is 0 Å². The molecule has 68 valence electrons. The lowest BCUT2D eigenvalue weighted by atomic mass is 10.6. The predicted octanol–water partition coefficient (Wildman–Crippen LogP) is 0.915. The Labute approximate surface area is 79.7 Å². The number of nitrogens with zero attached hydrogens (tertiary/aromatic N) is 3. The zero-order valence-electron chi connectivity index (χ0n) is 7.15. The smallest absolute Gasteiger partial charge is 0.201 e. The summed E-state index contributed by atoms with van der Waals surface area (Å²) in [6.07, 6.45) is 2.02. The summed E-state index contributed by atoms with van der Waals surface area (Å²) >= 11 is 0. The molecule has 0 fully saturated rings. The lowest BCUT2D eigenvalue weighted by Crippen LogP contribution is -2.11. The third kappa shape index (κ3) is 2.15. The molecule has 6 heteroatoms. The van der Waals surface area contributed by atoms with Crippen molar-refractivity contribution in [1.82, 2.24) is 14.8 Å². The minimum Gasteiger partial charge on any atom is -0.329 e. The van der Waals surface area contributed by atoms with Crippen LogP contribution in [0.5, 0.6) is 0 Å². The standard InChI is InChI=1S/C6H12N4S2/c1-5-8-9-6(12-11-2)10(5)4-3-7/h3-4,7H2,1-2H3. The van der Waals surface area contributed by atoms with Crippen LogP contribution in [0.2, 0.25) is 0 Å². The maximum atomic E-state index is 5.46. The SMILES string of the molecule is CSSc1nnc(C)n1CCN. The summed E-state index contributed by atoms with van der Waals surface area (Å²) in [5.41, 5.74) is 5.46. The van der Waals surface area contributed by atoms with Crippen LogP contribution in [-0.4, -0.2) is 27.6 Å². The fraction of sp³-hybridized carbons (Fsp3) is 0.667. The third-order valence-corrected chi connectivity index (χ3v) is 2.98. The first-order valence-corrected chi connectivity index (χ1v) is 6.16. The van der Waals surface area contributed by atoms with Crippen LogP contribution in [-0.2, 0) is 6.54 Å². The number of rotatable bonds is 4. The maximum absolute atomic E-state index is 5.46. The molecular formula is C6H12N4S2. The van der Waals surface area contributed by atoms with E-state index >= 15 is 0 Å². The van der Waals surface area contributed by atoms with Gasteiger partial charge in [0.25, 0.3) is 0 Å². The van der Waals surface area contributed by atoms with Gasteiger partial charge in [-0.15, -0.1) is 10.2 Å². The summed E-state index contributed by atoms with van der Waals surface area (Å²) in [5, 5.41) is 8.94. The van der Waals surface area contributed by atoms with E-state index in [2.05, 4.69) is 10.2 Å². The van der Waals surface area contributed by atoms with E-state index in [4.69, 9.17) is 5.73 Å². The van der Waals surface area contributed by atoms with Gasteiger partial charge in [0.2, 0.25) is 5.16 Å². The lowest BCUT2D eigenvalue weighted by molar-refractivity contribution is 0.629. The Morgan fingerprint density at radius 3 is 2.83 bits per heavy atom. The Morgan fingerprint density at radius 1 is 1.50 bits per heavy atom. The molecule has 12 heavy (non-hydrogen) atoms. The summed E-state index contributed by atoms with van der Waals surface area (Å²) in [4.78, 5) is 0. The molecule has 1 aromatic rings. The van der Waals surface area contributed by atoms with E-state index in [0.29, 0.717) is 6.54 Å². The van der Waals surface area contributed by atoms with Crippen LogP contribution >= 0.6 is 21.6 Å². The molecule has 1 rings (SSSR count). The molecule has 0 spiro atoms. The Morgan fingerprint density at radius 2 is 2.25 bits per heavy atom. The number of aryl methyl sites for hydroxylation is 1. The molecule has 0 aliphatic carbocycles. The molecule has 0 saturated carbocycles. The molecule has 0 aliphatic rings. The van der Waals surface area contributed by atoms with E-state index in [1.165, 1.54) is 0 Å². The summed E-state index contributed by atoms with van der Waals surface area (Å²) < 4.78 is 2.03. The molecule has 0 saturated heterocycles. The predicted molar refractivity (Wildman–Crippen MR) is 53.2 cm³/mol. The van der Waals surface area contributed by atoms with Gasteiger partial charge >= 0.3 is 0 Å². The van der Waals surface area contributed by atoms with Gasteiger partial charge in [-0.3, -0.25) is 0 Å². The molecule has 4 nitrogen and oxygen atoms in total. The van der Waals surface area contributed by atoms with E-state index in [0.717, 1.165) is 17.5 Å². The number of nitrogens with two attached hydrogens (primary N) is 1. The molecular weight excluding hydrogens is 192 g/mol. The van der Waals surface area contributed by atoms with E-state index in [1.54, 1.807) is 21.6 Å². The molecule has 0 aromatic carbocycles. The van der Waals surface area contributed by atoms with Gasteiger partial charge in [0, 0.05) is 13.1 Å². The first-order chi connectivity index (χ1) is 5.79. The fourth-order valence-corrected chi connectivity index (χ4v) is 2.24. The van der Waals surface area contributed by atoms with Gasteiger partial charge in [-0.05, 0) is 24.0 Å². The maximum Gasteiger partial charge on any atom is 0.201 e. The van der Waals surface area contributed by atoms with Crippen LogP contribution in [0.15, 0.2) is 5.16 Å². The van der Waals surface area contributed by atoms with Crippen molar-refractivity contribution in [3.8, 4) is 0 Å². The Hall–Kier alpha value is -0.200. The fourth-order valence-electron chi connectivity index (χ4n) is 0.884. The number of hydrogen-bond acceptors (Lipinski definition) is 5. The number of aromatic nitrogens is 3. The van der Waals surface area contributed by atoms with Crippen molar-refractivity contribution >= 4 is 21.6 Å². The second-order valence-electron chi connectivity index (χ2n) is 2.22. The monoisotopic (exact) mass is 204 g/mol. The second-order valence-corrected chi connectivity index (χ2v) is 4.59. The van der Waals surface area contributed by atoms with Crippen molar-refractivity contribution in [2.75, 3.05) is 12.8 Å². The van der Waals surface area contributed by atoms with Gasteiger partial charge in [-0.2, -0.15) is 0 Å². The molecule has 0 radical (unpaired) electrons. The highest BCUT2D eigenvalue weighted by molar-refractivity contribution is 8.76. The van der Waals surface area contributed by atoms with Crippen molar-refractivity contribution in [2.24, 2.45) is 5.73 Å². The van der Waals surface area contributed by atoms with Crippen LogP contribution in [0.25, 0.3) is 0 Å². The van der Waals surface area contributed by atoms with Crippen molar-refractivity contribution in [2.45, 2.75) is 18.6 Å². The first kappa shape index (κ1) is 9.88. The average molecular weight is 204 g/mol. The highest BCUT2D eigenvalue weighted by atomic mass is 33.1. The quantitative estimate of drug-likeness (QED) is 0.739. The van der Waals surface area contributed by atoms with Crippen molar-refractivity contribution < 1.29 is 0 Å². The topological polar surface area (TPSA) is 56.7 Å². The summed E-state index contributed by atoms with van der Waals surface area (Å²) in [7, 11) is 3.27. The van der Waals surface area contributed by atoms with Gasteiger partial charge in [-0.1, -0.05) is 10.8 Å². The second kappa shape index (κ2) is 4.74. The molecule has 1 aromatic heterocycles. The van der Waals surface area contributed by atoms with E-state index in [9.17, 15) is 0 Å². The van der Waals surface area contributed by atoms with Crippen LogP contribution in [0.4, 0.5) is 0 Å². The van der Waals surface area contributed by atoms with Gasteiger partial charge in [0.05, 0.1) is 0 Å². The summed E-state index contributed by atoms with van der Waals surface area (Å²) in [6, 6.07) is 0. The lowest BCUT2D eigenvalue weighted by Gasteiger charge is -2.03.